The predicted molar refractivity (Wildman–Crippen MR) is 46.2 cm³/mol. The lowest BCUT2D eigenvalue weighted by Gasteiger charge is -2.13. The lowest BCUT2D eigenvalue weighted by Crippen LogP contribution is -2.23. The fourth-order valence-corrected chi connectivity index (χ4v) is 1.06. The van der Waals surface area contributed by atoms with Gasteiger partial charge in [0.25, 0.3) is 0 Å². The predicted octanol–water partition coefficient (Wildman–Crippen LogP) is 0.147. The highest BCUT2D eigenvalue weighted by Crippen LogP contribution is 2.15. The first-order chi connectivity index (χ1) is 5.97. The first kappa shape index (κ1) is 11.9. The zero-order valence-electron chi connectivity index (χ0n) is 7.56. The van der Waals surface area contributed by atoms with Crippen LogP contribution >= 0.6 is 0 Å². The van der Waals surface area contributed by atoms with Gasteiger partial charge in [0.15, 0.2) is 0 Å². The molecule has 0 heterocycles. The van der Waals surface area contributed by atoms with Crippen LogP contribution in [-0.4, -0.2) is 28.7 Å². The monoisotopic (exact) mass is 189 g/mol. The average molecular weight is 189 g/mol. The standard InChI is InChI=1S/C8H15NO4/c1-5(4-9)2-6(8(12)13)3-7(10)11/h5-6H,2-4,9H2,1H3,(H,10,11)(H,12,13). The van der Waals surface area contributed by atoms with E-state index >= 15 is 0 Å². The van der Waals surface area contributed by atoms with E-state index in [4.69, 9.17) is 15.9 Å². The second-order valence-corrected chi connectivity index (χ2v) is 3.21. The number of hydrogen-bond donors (Lipinski definition) is 3. The Balaban J connectivity index is 4.10. The number of carboxylic acid groups (broad SMARTS) is 2. The molecule has 0 spiro atoms. The van der Waals surface area contributed by atoms with E-state index in [0.717, 1.165) is 0 Å². The Morgan fingerprint density at radius 2 is 1.92 bits per heavy atom. The summed E-state index contributed by atoms with van der Waals surface area (Å²) < 4.78 is 0. The van der Waals surface area contributed by atoms with Gasteiger partial charge in [-0.05, 0) is 18.9 Å². The van der Waals surface area contributed by atoms with Crippen LogP contribution in [0, 0.1) is 11.8 Å². The van der Waals surface area contributed by atoms with Crippen molar-refractivity contribution in [3.05, 3.63) is 0 Å². The van der Waals surface area contributed by atoms with Gasteiger partial charge in [0.1, 0.15) is 0 Å². The van der Waals surface area contributed by atoms with Crippen molar-refractivity contribution in [3.63, 3.8) is 0 Å². The first-order valence-corrected chi connectivity index (χ1v) is 4.12. The summed E-state index contributed by atoms with van der Waals surface area (Å²) in [5.74, 6) is -2.93. The summed E-state index contributed by atoms with van der Waals surface area (Å²) in [4.78, 5) is 20.9. The van der Waals surface area contributed by atoms with Crippen molar-refractivity contribution in [3.8, 4) is 0 Å². The van der Waals surface area contributed by atoms with Crippen molar-refractivity contribution in [1.29, 1.82) is 0 Å². The highest BCUT2D eigenvalue weighted by Gasteiger charge is 2.22. The molecule has 0 aliphatic carbocycles. The lowest BCUT2D eigenvalue weighted by molar-refractivity contribution is -0.148. The fraction of sp³-hybridized carbons (Fsp3) is 0.750. The maximum absolute atomic E-state index is 10.6. The number of aliphatic carboxylic acids is 2. The highest BCUT2D eigenvalue weighted by atomic mass is 16.4. The van der Waals surface area contributed by atoms with E-state index in [-0.39, 0.29) is 12.3 Å². The molecule has 0 saturated heterocycles. The number of carbonyl (C=O) groups is 2. The summed E-state index contributed by atoms with van der Waals surface area (Å²) in [5.41, 5.74) is 5.31. The summed E-state index contributed by atoms with van der Waals surface area (Å²) in [6.45, 7) is 2.18. The summed E-state index contributed by atoms with van der Waals surface area (Å²) >= 11 is 0. The smallest absolute Gasteiger partial charge is 0.307 e. The van der Waals surface area contributed by atoms with Gasteiger partial charge in [0.05, 0.1) is 12.3 Å². The van der Waals surface area contributed by atoms with Crippen LogP contribution in [0.4, 0.5) is 0 Å². The van der Waals surface area contributed by atoms with E-state index < -0.39 is 17.9 Å². The second-order valence-electron chi connectivity index (χ2n) is 3.21. The number of rotatable bonds is 6. The third-order valence-electron chi connectivity index (χ3n) is 1.86. The van der Waals surface area contributed by atoms with Gasteiger partial charge in [0, 0.05) is 0 Å². The minimum Gasteiger partial charge on any atom is -0.481 e. The van der Waals surface area contributed by atoms with E-state index in [1.54, 1.807) is 6.92 Å². The molecule has 0 aliphatic heterocycles. The third-order valence-corrected chi connectivity index (χ3v) is 1.86. The normalized spacial score (nSPS) is 14.9. The molecule has 0 radical (unpaired) electrons. The largest absolute Gasteiger partial charge is 0.481 e. The van der Waals surface area contributed by atoms with Crippen LogP contribution in [0.15, 0.2) is 0 Å². The summed E-state index contributed by atoms with van der Waals surface area (Å²) in [7, 11) is 0. The van der Waals surface area contributed by atoms with Crippen LogP contribution in [0.2, 0.25) is 0 Å². The van der Waals surface area contributed by atoms with E-state index in [0.29, 0.717) is 13.0 Å². The molecule has 76 valence electrons. The third kappa shape index (κ3) is 5.19. The average Bonchev–Trinajstić information content (AvgIpc) is 2.02. The van der Waals surface area contributed by atoms with Crippen molar-refractivity contribution in [2.45, 2.75) is 19.8 Å². The van der Waals surface area contributed by atoms with Crippen LogP contribution < -0.4 is 5.73 Å². The van der Waals surface area contributed by atoms with Gasteiger partial charge in [-0.3, -0.25) is 9.59 Å². The van der Waals surface area contributed by atoms with Crippen molar-refractivity contribution >= 4 is 11.9 Å². The van der Waals surface area contributed by atoms with E-state index in [1.165, 1.54) is 0 Å². The first-order valence-electron chi connectivity index (χ1n) is 4.12. The molecule has 0 aromatic heterocycles. The highest BCUT2D eigenvalue weighted by molar-refractivity contribution is 5.77. The van der Waals surface area contributed by atoms with Crippen LogP contribution in [0.3, 0.4) is 0 Å². The van der Waals surface area contributed by atoms with Crippen LogP contribution in [0.5, 0.6) is 0 Å². The van der Waals surface area contributed by atoms with Gasteiger partial charge in [-0.2, -0.15) is 0 Å². The lowest BCUT2D eigenvalue weighted by atomic mass is 9.93. The Bertz CT molecular complexity index is 193. The van der Waals surface area contributed by atoms with Gasteiger partial charge >= 0.3 is 11.9 Å². The van der Waals surface area contributed by atoms with Gasteiger partial charge in [-0.25, -0.2) is 0 Å². The molecule has 4 N–H and O–H groups in total. The number of carboxylic acids is 2. The Hall–Kier alpha value is -1.10. The molecule has 0 rings (SSSR count). The van der Waals surface area contributed by atoms with Gasteiger partial charge < -0.3 is 15.9 Å². The molecule has 0 amide bonds. The molecular weight excluding hydrogens is 174 g/mol. The Morgan fingerprint density at radius 3 is 2.23 bits per heavy atom. The molecule has 0 bridgehead atoms. The van der Waals surface area contributed by atoms with Crippen LogP contribution in [0.1, 0.15) is 19.8 Å². The Morgan fingerprint density at radius 1 is 1.38 bits per heavy atom. The number of hydrogen-bond acceptors (Lipinski definition) is 3. The molecule has 2 unspecified atom stereocenters. The minimum absolute atomic E-state index is 0.0421. The zero-order chi connectivity index (χ0) is 10.4. The molecule has 0 fully saturated rings. The molecule has 0 aromatic carbocycles. The van der Waals surface area contributed by atoms with E-state index in [9.17, 15) is 9.59 Å². The topological polar surface area (TPSA) is 101 Å². The van der Waals surface area contributed by atoms with E-state index in [1.807, 2.05) is 0 Å². The molecule has 5 nitrogen and oxygen atoms in total. The van der Waals surface area contributed by atoms with Crippen LogP contribution in [-0.2, 0) is 9.59 Å². The Kier molecular flexibility index (Phi) is 5.06. The molecule has 0 saturated carbocycles. The molecule has 0 aliphatic rings. The van der Waals surface area contributed by atoms with Crippen LogP contribution in [0.25, 0.3) is 0 Å². The van der Waals surface area contributed by atoms with Gasteiger partial charge in [-0.1, -0.05) is 6.92 Å². The summed E-state index contributed by atoms with van der Waals surface area (Å²) in [6.07, 6.45) is -0.0161. The van der Waals surface area contributed by atoms with Crippen molar-refractivity contribution in [2.24, 2.45) is 17.6 Å². The summed E-state index contributed by atoms with van der Waals surface area (Å²) in [6, 6.07) is 0. The SMILES string of the molecule is CC(CN)CC(CC(=O)O)C(=O)O. The fourth-order valence-electron chi connectivity index (χ4n) is 1.06. The van der Waals surface area contributed by atoms with E-state index in [2.05, 4.69) is 0 Å². The molecule has 2 atom stereocenters. The Labute approximate surface area is 76.5 Å². The van der Waals surface area contributed by atoms with Crippen molar-refractivity contribution in [1.82, 2.24) is 0 Å². The molecule has 13 heavy (non-hydrogen) atoms. The quantitative estimate of drug-likeness (QED) is 0.552. The van der Waals surface area contributed by atoms with Gasteiger partial charge in [-0.15, -0.1) is 0 Å². The zero-order valence-corrected chi connectivity index (χ0v) is 7.56. The molecule has 0 aromatic rings. The minimum atomic E-state index is -1.09. The van der Waals surface area contributed by atoms with Gasteiger partial charge in [0.2, 0.25) is 0 Å². The summed E-state index contributed by atoms with van der Waals surface area (Å²) in [5, 5.41) is 17.1. The molecular formula is C8H15NO4. The maximum Gasteiger partial charge on any atom is 0.307 e. The maximum atomic E-state index is 10.6. The van der Waals surface area contributed by atoms with Crippen molar-refractivity contribution < 1.29 is 19.8 Å². The molecule has 5 heteroatoms. The number of nitrogens with two attached hydrogens (primary N) is 1. The second kappa shape index (κ2) is 5.53. The van der Waals surface area contributed by atoms with Crippen molar-refractivity contribution in [2.75, 3.05) is 6.54 Å².